The number of benzene rings is 1. The SMILES string of the molecule is CCOC(=O)c1n[nH]nc1-c1cccc(-c2noc(C)n2)c1. The van der Waals surface area contributed by atoms with E-state index in [4.69, 9.17) is 9.26 Å². The van der Waals surface area contributed by atoms with Crippen LogP contribution in [0.5, 0.6) is 0 Å². The van der Waals surface area contributed by atoms with Crippen molar-refractivity contribution in [3.05, 3.63) is 35.9 Å². The van der Waals surface area contributed by atoms with E-state index in [2.05, 4.69) is 25.6 Å². The molecule has 2 aromatic heterocycles. The summed E-state index contributed by atoms with van der Waals surface area (Å²) in [7, 11) is 0. The van der Waals surface area contributed by atoms with Crippen LogP contribution in [0.3, 0.4) is 0 Å². The summed E-state index contributed by atoms with van der Waals surface area (Å²) in [6.45, 7) is 3.72. The van der Waals surface area contributed by atoms with Crippen molar-refractivity contribution in [1.29, 1.82) is 0 Å². The minimum atomic E-state index is -0.521. The number of hydrogen-bond donors (Lipinski definition) is 1. The summed E-state index contributed by atoms with van der Waals surface area (Å²) >= 11 is 0. The van der Waals surface area contributed by atoms with Gasteiger partial charge in [-0.25, -0.2) is 4.79 Å². The number of carbonyl (C=O) groups is 1. The molecule has 0 fully saturated rings. The van der Waals surface area contributed by atoms with Gasteiger partial charge in [-0.1, -0.05) is 23.4 Å². The minimum Gasteiger partial charge on any atom is -0.461 e. The number of nitrogens with one attached hydrogen (secondary N) is 1. The predicted molar refractivity (Wildman–Crippen MR) is 75.8 cm³/mol. The van der Waals surface area contributed by atoms with Crippen LogP contribution in [0, 0.1) is 6.92 Å². The molecule has 0 saturated carbocycles. The monoisotopic (exact) mass is 299 g/mol. The summed E-state index contributed by atoms with van der Waals surface area (Å²) in [4.78, 5) is 16.1. The molecular weight excluding hydrogens is 286 g/mol. The van der Waals surface area contributed by atoms with E-state index in [1.54, 1.807) is 13.8 Å². The summed E-state index contributed by atoms with van der Waals surface area (Å²) in [6.07, 6.45) is 0. The van der Waals surface area contributed by atoms with Gasteiger partial charge in [-0.2, -0.15) is 15.3 Å². The van der Waals surface area contributed by atoms with Gasteiger partial charge in [0.2, 0.25) is 11.7 Å². The fraction of sp³-hybridized carbons (Fsp3) is 0.214. The molecule has 0 aliphatic carbocycles. The van der Waals surface area contributed by atoms with Crippen LogP contribution < -0.4 is 0 Å². The molecule has 3 rings (SSSR count). The summed E-state index contributed by atoms with van der Waals surface area (Å²) < 4.78 is 9.94. The Bertz CT molecular complexity index is 808. The zero-order valence-corrected chi connectivity index (χ0v) is 12.0. The van der Waals surface area contributed by atoms with Crippen LogP contribution in [0.4, 0.5) is 0 Å². The molecule has 0 atom stereocenters. The molecule has 3 aromatic rings. The third kappa shape index (κ3) is 2.58. The zero-order valence-electron chi connectivity index (χ0n) is 12.0. The van der Waals surface area contributed by atoms with E-state index < -0.39 is 5.97 Å². The molecule has 0 radical (unpaired) electrons. The summed E-state index contributed by atoms with van der Waals surface area (Å²) in [6, 6.07) is 7.29. The Hall–Kier alpha value is -3.03. The molecule has 8 nitrogen and oxygen atoms in total. The normalized spacial score (nSPS) is 10.6. The second-order valence-corrected chi connectivity index (χ2v) is 4.46. The first-order valence-corrected chi connectivity index (χ1v) is 6.68. The maximum Gasteiger partial charge on any atom is 0.361 e. The van der Waals surface area contributed by atoms with Crippen LogP contribution in [0.15, 0.2) is 28.8 Å². The maximum atomic E-state index is 11.9. The van der Waals surface area contributed by atoms with Crippen LogP contribution in [-0.2, 0) is 4.74 Å². The molecule has 2 heterocycles. The van der Waals surface area contributed by atoms with Crippen molar-refractivity contribution in [3.8, 4) is 22.6 Å². The topological polar surface area (TPSA) is 107 Å². The van der Waals surface area contributed by atoms with Gasteiger partial charge in [0.15, 0.2) is 5.69 Å². The highest BCUT2D eigenvalue weighted by Gasteiger charge is 2.19. The second-order valence-electron chi connectivity index (χ2n) is 4.46. The Kier molecular flexibility index (Phi) is 3.65. The fourth-order valence-corrected chi connectivity index (χ4v) is 2.00. The molecule has 0 amide bonds. The van der Waals surface area contributed by atoms with Crippen molar-refractivity contribution in [2.75, 3.05) is 6.61 Å². The van der Waals surface area contributed by atoms with E-state index in [1.165, 1.54) is 0 Å². The molecule has 0 saturated heterocycles. The highest BCUT2D eigenvalue weighted by atomic mass is 16.5. The van der Waals surface area contributed by atoms with Crippen molar-refractivity contribution >= 4 is 5.97 Å². The van der Waals surface area contributed by atoms with Gasteiger partial charge in [0.1, 0.15) is 5.69 Å². The van der Waals surface area contributed by atoms with Gasteiger partial charge in [-0.15, -0.1) is 5.10 Å². The number of rotatable bonds is 4. The lowest BCUT2D eigenvalue weighted by atomic mass is 10.1. The molecule has 22 heavy (non-hydrogen) atoms. The van der Waals surface area contributed by atoms with E-state index in [0.717, 1.165) is 5.56 Å². The molecule has 0 aliphatic heterocycles. The average Bonchev–Trinajstić information content (AvgIpc) is 3.16. The largest absolute Gasteiger partial charge is 0.461 e. The Morgan fingerprint density at radius 1 is 1.32 bits per heavy atom. The Labute approximate surface area is 125 Å². The Morgan fingerprint density at radius 2 is 2.14 bits per heavy atom. The van der Waals surface area contributed by atoms with Crippen LogP contribution in [0.2, 0.25) is 0 Å². The lowest BCUT2D eigenvalue weighted by molar-refractivity contribution is 0.0520. The molecule has 0 unspecified atom stereocenters. The van der Waals surface area contributed by atoms with Gasteiger partial charge in [0, 0.05) is 18.1 Å². The highest BCUT2D eigenvalue weighted by molar-refractivity contribution is 5.94. The maximum absolute atomic E-state index is 11.9. The van der Waals surface area contributed by atoms with E-state index >= 15 is 0 Å². The lowest BCUT2D eigenvalue weighted by Crippen LogP contribution is -2.06. The number of aryl methyl sites for hydroxylation is 1. The first kappa shape index (κ1) is 13.9. The second kappa shape index (κ2) is 5.76. The first-order chi connectivity index (χ1) is 10.7. The number of nitrogens with zero attached hydrogens (tertiary/aromatic N) is 4. The van der Waals surface area contributed by atoms with Crippen LogP contribution >= 0.6 is 0 Å². The quantitative estimate of drug-likeness (QED) is 0.734. The van der Waals surface area contributed by atoms with Crippen molar-refractivity contribution in [3.63, 3.8) is 0 Å². The highest BCUT2D eigenvalue weighted by Crippen LogP contribution is 2.25. The van der Waals surface area contributed by atoms with Crippen LogP contribution in [0.25, 0.3) is 22.6 Å². The first-order valence-electron chi connectivity index (χ1n) is 6.68. The van der Waals surface area contributed by atoms with Gasteiger partial charge in [0.25, 0.3) is 0 Å². The van der Waals surface area contributed by atoms with Gasteiger partial charge >= 0.3 is 5.97 Å². The van der Waals surface area contributed by atoms with Crippen molar-refractivity contribution in [2.24, 2.45) is 0 Å². The number of aromatic nitrogens is 5. The number of hydrogen-bond acceptors (Lipinski definition) is 7. The molecule has 0 bridgehead atoms. The van der Waals surface area contributed by atoms with Crippen LogP contribution in [0.1, 0.15) is 23.3 Å². The summed E-state index contributed by atoms with van der Waals surface area (Å²) in [5.41, 5.74) is 2.02. The standard InChI is InChI=1S/C14H13N5O3/c1-3-21-14(20)12-11(16-19-17-12)9-5-4-6-10(7-9)13-15-8(2)22-18-13/h4-7H,3H2,1-2H3,(H,16,17,19). The fourth-order valence-electron chi connectivity index (χ4n) is 2.00. The molecule has 0 aliphatic rings. The molecular formula is C14H13N5O3. The number of H-pyrrole nitrogens is 1. The van der Waals surface area contributed by atoms with E-state index in [9.17, 15) is 4.79 Å². The molecule has 0 spiro atoms. The number of esters is 1. The average molecular weight is 299 g/mol. The van der Waals surface area contributed by atoms with Gasteiger partial charge in [-0.05, 0) is 13.0 Å². The lowest BCUT2D eigenvalue weighted by Gasteiger charge is -2.02. The Balaban J connectivity index is 2.00. The van der Waals surface area contributed by atoms with Gasteiger partial charge in [0.05, 0.1) is 6.61 Å². The van der Waals surface area contributed by atoms with E-state index in [1.807, 2.05) is 24.3 Å². The molecule has 112 valence electrons. The van der Waals surface area contributed by atoms with Crippen molar-refractivity contribution < 1.29 is 14.1 Å². The summed E-state index contributed by atoms with van der Waals surface area (Å²) in [5, 5.41) is 14.2. The third-order valence-corrected chi connectivity index (χ3v) is 2.94. The number of ether oxygens (including phenoxy) is 1. The van der Waals surface area contributed by atoms with Gasteiger partial charge < -0.3 is 9.26 Å². The Morgan fingerprint density at radius 3 is 2.86 bits per heavy atom. The van der Waals surface area contributed by atoms with Gasteiger partial charge in [-0.3, -0.25) is 0 Å². The van der Waals surface area contributed by atoms with Crippen molar-refractivity contribution in [1.82, 2.24) is 25.6 Å². The van der Waals surface area contributed by atoms with Crippen molar-refractivity contribution in [2.45, 2.75) is 13.8 Å². The zero-order chi connectivity index (χ0) is 15.5. The molecule has 1 aromatic carbocycles. The van der Waals surface area contributed by atoms with E-state index in [-0.39, 0.29) is 12.3 Å². The molecule has 8 heteroatoms. The van der Waals surface area contributed by atoms with Crippen LogP contribution in [-0.4, -0.2) is 38.1 Å². The summed E-state index contributed by atoms with van der Waals surface area (Å²) in [5.74, 6) is 0.432. The number of carbonyl (C=O) groups excluding carboxylic acids is 1. The molecule has 1 N–H and O–H groups in total. The third-order valence-electron chi connectivity index (χ3n) is 2.94. The number of aromatic amines is 1. The smallest absolute Gasteiger partial charge is 0.361 e. The van der Waals surface area contributed by atoms with E-state index in [0.29, 0.717) is 23.0 Å². The minimum absolute atomic E-state index is 0.142. The predicted octanol–water partition coefficient (Wildman–Crippen LogP) is 2.01.